The van der Waals surface area contributed by atoms with Crippen LogP contribution in [0.1, 0.15) is 23.2 Å². The Hall–Kier alpha value is -0.740. The summed E-state index contributed by atoms with van der Waals surface area (Å²) >= 11 is 7.76. The number of amides is 1. The molecule has 0 radical (unpaired) electrons. The fourth-order valence-electron chi connectivity index (χ4n) is 1.66. The lowest BCUT2D eigenvalue weighted by atomic mass is 10.2. The van der Waals surface area contributed by atoms with E-state index in [1.807, 2.05) is 11.8 Å². The van der Waals surface area contributed by atoms with E-state index in [-0.39, 0.29) is 11.1 Å². The Morgan fingerprint density at radius 1 is 1.69 bits per heavy atom. The number of hydrogen-bond donors (Lipinski definition) is 1. The van der Waals surface area contributed by atoms with Crippen LogP contribution >= 0.6 is 23.4 Å². The highest BCUT2D eigenvalue weighted by molar-refractivity contribution is 8.00. The molecule has 1 aromatic rings. The van der Waals surface area contributed by atoms with E-state index >= 15 is 0 Å². The first-order valence-corrected chi connectivity index (χ1v) is 6.70. The first kappa shape index (κ1) is 11.7. The van der Waals surface area contributed by atoms with E-state index in [0.717, 1.165) is 0 Å². The number of aromatic nitrogens is 1. The van der Waals surface area contributed by atoms with E-state index in [1.54, 1.807) is 18.3 Å². The number of carbonyl (C=O) groups is 1. The average molecular weight is 257 g/mol. The Balaban J connectivity index is 1.90. The van der Waals surface area contributed by atoms with Crippen LogP contribution in [0.15, 0.2) is 18.3 Å². The summed E-state index contributed by atoms with van der Waals surface area (Å²) in [4.78, 5) is 15.7. The molecule has 1 unspecified atom stereocenters. The largest absolute Gasteiger partial charge is 0.351 e. The first-order valence-electron chi connectivity index (χ1n) is 5.27. The lowest BCUT2D eigenvalue weighted by Gasteiger charge is -2.10. The number of hydrogen-bond acceptors (Lipinski definition) is 3. The lowest BCUT2D eigenvalue weighted by Crippen LogP contribution is -2.30. The zero-order chi connectivity index (χ0) is 11.4. The van der Waals surface area contributed by atoms with Gasteiger partial charge in [-0.2, -0.15) is 11.8 Å². The SMILES string of the molecule is O=C(NCC1CCCS1)c1cccnc1Cl. The standard InChI is InChI=1S/C11H13ClN2OS/c12-10-9(4-1-5-13-10)11(15)14-7-8-3-2-6-16-8/h1,4-5,8H,2-3,6-7H2,(H,14,15). The summed E-state index contributed by atoms with van der Waals surface area (Å²) in [6.45, 7) is 0.717. The minimum atomic E-state index is -0.134. The lowest BCUT2D eigenvalue weighted by molar-refractivity contribution is 0.0953. The molecule has 1 fully saturated rings. The van der Waals surface area contributed by atoms with Crippen molar-refractivity contribution in [2.24, 2.45) is 0 Å². The molecule has 2 heterocycles. The third-order valence-electron chi connectivity index (χ3n) is 2.52. The number of nitrogens with zero attached hydrogens (tertiary/aromatic N) is 1. The molecule has 1 aliphatic heterocycles. The van der Waals surface area contributed by atoms with Crippen LogP contribution < -0.4 is 5.32 Å². The van der Waals surface area contributed by atoms with Gasteiger partial charge in [-0.25, -0.2) is 4.98 Å². The molecule has 1 N–H and O–H groups in total. The first-order chi connectivity index (χ1) is 7.77. The summed E-state index contributed by atoms with van der Waals surface area (Å²) in [6.07, 6.45) is 4.01. The van der Waals surface area contributed by atoms with Gasteiger partial charge in [0, 0.05) is 18.0 Å². The summed E-state index contributed by atoms with van der Waals surface area (Å²) in [7, 11) is 0. The summed E-state index contributed by atoms with van der Waals surface area (Å²) in [5, 5.41) is 3.72. The number of nitrogens with one attached hydrogen (secondary N) is 1. The van der Waals surface area contributed by atoms with Gasteiger partial charge in [-0.15, -0.1) is 0 Å². The number of halogens is 1. The Morgan fingerprint density at radius 2 is 2.56 bits per heavy atom. The molecular formula is C11H13ClN2OS. The van der Waals surface area contributed by atoms with Crippen molar-refractivity contribution in [3.63, 3.8) is 0 Å². The Kier molecular flexibility index (Phi) is 4.07. The third kappa shape index (κ3) is 2.89. The third-order valence-corrected chi connectivity index (χ3v) is 4.22. The van der Waals surface area contributed by atoms with E-state index in [2.05, 4.69) is 10.3 Å². The predicted molar refractivity (Wildman–Crippen MR) is 67.1 cm³/mol. The van der Waals surface area contributed by atoms with Crippen molar-refractivity contribution in [3.05, 3.63) is 29.0 Å². The van der Waals surface area contributed by atoms with Gasteiger partial charge in [0.15, 0.2) is 0 Å². The van der Waals surface area contributed by atoms with Crippen molar-refractivity contribution < 1.29 is 4.79 Å². The van der Waals surface area contributed by atoms with Crippen molar-refractivity contribution >= 4 is 29.3 Å². The normalized spacial score (nSPS) is 19.7. The molecule has 1 aliphatic rings. The van der Waals surface area contributed by atoms with Crippen molar-refractivity contribution in [1.82, 2.24) is 10.3 Å². The van der Waals surface area contributed by atoms with Gasteiger partial charge in [0.2, 0.25) is 0 Å². The van der Waals surface area contributed by atoms with Crippen LogP contribution in [0, 0.1) is 0 Å². The average Bonchev–Trinajstić information content (AvgIpc) is 2.79. The highest BCUT2D eigenvalue weighted by Crippen LogP contribution is 2.25. The maximum atomic E-state index is 11.8. The molecule has 1 atom stereocenters. The maximum Gasteiger partial charge on any atom is 0.254 e. The van der Waals surface area contributed by atoms with Gasteiger partial charge in [0.25, 0.3) is 5.91 Å². The molecule has 0 spiro atoms. The zero-order valence-corrected chi connectivity index (χ0v) is 10.4. The van der Waals surface area contributed by atoms with E-state index in [9.17, 15) is 4.79 Å². The molecule has 86 valence electrons. The second-order valence-electron chi connectivity index (χ2n) is 3.69. The minimum absolute atomic E-state index is 0.134. The van der Waals surface area contributed by atoms with Gasteiger partial charge >= 0.3 is 0 Å². The summed E-state index contributed by atoms with van der Waals surface area (Å²) in [5.74, 6) is 1.07. The van der Waals surface area contributed by atoms with Crippen LogP contribution in [0.4, 0.5) is 0 Å². The molecule has 0 aliphatic carbocycles. The van der Waals surface area contributed by atoms with Gasteiger partial charge in [0.05, 0.1) is 5.56 Å². The number of carbonyl (C=O) groups excluding carboxylic acids is 1. The molecule has 1 amide bonds. The van der Waals surface area contributed by atoms with Crippen LogP contribution in [-0.2, 0) is 0 Å². The van der Waals surface area contributed by atoms with Gasteiger partial charge in [0.1, 0.15) is 5.15 Å². The second kappa shape index (κ2) is 5.55. The summed E-state index contributed by atoms with van der Waals surface area (Å²) in [6, 6.07) is 3.40. The number of rotatable bonds is 3. The van der Waals surface area contributed by atoms with Crippen molar-refractivity contribution in [2.45, 2.75) is 18.1 Å². The molecule has 0 bridgehead atoms. The summed E-state index contributed by atoms with van der Waals surface area (Å²) in [5.41, 5.74) is 0.451. The quantitative estimate of drug-likeness (QED) is 0.845. The van der Waals surface area contributed by atoms with Gasteiger partial charge in [-0.3, -0.25) is 4.79 Å². The summed E-state index contributed by atoms with van der Waals surface area (Å²) < 4.78 is 0. The topological polar surface area (TPSA) is 42.0 Å². The molecule has 2 rings (SSSR count). The van der Waals surface area contributed by atoms with Gasteiger partial charge in [-0.1, -0.05) is 11.6 Å². The fraction of sp³-hybridized carbons (Fsp3) is 0.455. The van der Waals surface area contributed by atoms with Crippen LogP contribution in [0.25, 0.3) is 0 Å². The van der Waals surface area contributed by atoms with Crippen LogP contribution in [0.3, 0.4) is 0 Å². The van der Waals surface area contributed by atoms with E-state index < -0.39 is 0 Å². The predicted octanol–water partition coefficient (Wildman–Crippen LogP) is 2.36. The minimum Gasteiger partial charge on any atom is -0.351 e. The number of pyridine rings is 1. The van der Waals surface area contributed by atoms with Crippen molar-refractivity contribution in [2.75, 3.05) is 12.3 Å². The molecule has 1 saturated heterocycles. The second-order valence-corrected chi connectivity index (χ2v) is 5.45. The molecule has 5 heteroatoms. The zero-order valence-electron chi connectivity index (χ0n) is 8.78. The van der Waals surface area contributed by atoms with Crippen molar-refractivity contribution in [1.29, 1.82) is 0 Å². The van der Waals surface area contributed by atoms with E-state index in [0.29, 0.717) is 17.4 Å². The van der Waals surface area contributed by atoms with Gasteiger partial charge < -0.3 is 5.32 Å². The van der Waals surface area contributed by atoms with E-state index in [4.69, 9.17) is 11.6 Å². The van der Waals surface area contributed by atoms with E-state index in [1.165, 1.54) is 18.6 Å². The molecule has 1 aromatic heterocycles. The molecule has 16 heavy (non-hydrogen) atoms. The smallest absolute Gasteiger partial charge is 0.254 e. The van der Waals surface area contributed by atoms with Crippen LogP contribution in [0.5, 0.6) is 0 Å². The van der Waals surface area contributed by atoms with Crippen LogP contribution in [0.2, 0.25) is 5.15 Å². The maximum absolute atomic E-state index is 11.8. The number of thioether (sulfide) groups is 1. The molecular weight excluding hydrogens is 244 g/mol. The molecule has 0 saturated carbocycles. The Morgan fingerprint density at radius 3 is 3.25 bits per heavy atom. The Bertz CT molecular complexity index is 380. The van der Waals surface area contributed by atoms with Gasteiger partial charge in [-0.05, 0) is 30.7 Å². The van der Waals surface area contributed by atoms with Crippen LogP contribution in [-0.4, -0.2) is 28.4 Å². The fourth-order valence-corrected chi connectivity index (χ4v) is 3.07. The molecule has 3 nitrogen and oxygen atoms in total. The monoisotopic (exact) mass is 256 g/mol. The Labute approximate surface area is 104 Å². The highest BCUT2D eigenvalue weighted by atomic mass is 35.5. The van der Waals surface area contributed by atoms with Crippen molar-refractivity contribution in [3.8, 4) is 0 Å². The molecule has 0 aromatic carbocycles. The highest BCUT2D eigenvalue weighted by Gasteiger charge is 2.17.